The first kappa shape index (κ1) is 22.5. The molecule has 0 saturated heterocycles. The number of amides is 1. The van der Waals surface area contributed by atoms with Crippen LogP contribution in [-0.4, -0.2) is 30.6 Å². The third-order valence-electron chi connectivity index (χ3n) is 7.61. The summed E-state index contributed by atoms with van der Waals surface area (Å²) in [6.45, 7) is 1.96. The molecule has 4 aromatic rings. The van der Waals surface area contributed by atoms with Crippen molar-refractivity contribution < 1.29 is 4.79 Å². The zero-order valence-electron chi connectivity index (χ0n) is 20.3. The lowest BCUT2D eigenvalue weighted by Crippen LogP contribution is -2.46. The highest BCUT2D eigenvalue weighted by Gasteiger charge is 2.32. The minimum Gasteiger partial charge on any atom is -0.322 e. The Kier molecular flexibility index (Phi) is 5.59. The van der Waals surface area contributed by atoms with Gasteiger partial charge >= 0.3 is 5.69 Å². The van der Waals surface area contributed by atoms with E-state index in [4.69, 9.17) is 0 Å². The van der Waals surface area contributed by atoms with E-state index in [0.29, 0.717) is 11.2 Å². The summed E-state index contributed by atoms with van der Waals surface area (Å²) in [4.78, 5) is 47.3. The van der Waals surface area contributed by atoms with Crippen LogP contribution in [0.5, 0.6) is 0 Å². The average Bonchev–Trinajstić information content (AvgIpc) is 3.63. The number of carbonyl (C=O) groups is 1. The highest BCUT2D eigenvalue weighted by molar-refractivity contribution is 5.96. The Labute approximate surface area is 208 Å². The van der Waals surface area contributed by atoms with Crippen molar-refractivity contribution in [3.63, 3.8) is 0 Å². The third kappa shape index (κ3) is 3.68. The van der Waals surface area contributed by atoms with Crippen LogP contribution in [0.1, 0.15) is 49.8 Å². The first-order chi connectivity index (χ1) is 17.5. The van der Waals surface area contributed by atoms with E-state index in [1.54, 1.807) is 11.2 Å². The van der Waals surface area contributed by atoms with E-state index in [0.717, 1.165) is 53.5 Å². The summed E-state index contributed by atoms with van der Waals surface area (Å²) in [6.07, 6.45) is 6.60. The maximum Gasteiger partial charge on any atom is 0.333 e. The molecule has 3 heterocycles. The van der Waals surface area contributed by atoms with Gasteiger partial charge in [-0.15, -0.1) is 0 Å². The van der Waals surface area contributed by atoms with E-state index in [1.165, 1.54) is 4.57 Å². The fourth-order valence-corrected chi connectivity index (χ4v) is 5.87. The summed E-state index contributed by atoms with van der Waals surface area (Å²) in [6, 6.07) is 17.6. The van der Waals surface area contributed by atoms with Crippen molar-refractivity contribution in [2.45, 2.75) is 64.2 Å². The monoisotopic (exact) mass is 483 g/mol. The number of imidazole rings is 1. The summed E-state index contributed by atoms with van der Waals surface area (Å²) < 4.78 is 4.57. The predicted molar refractivity (Wildman–Crippen MR) is 138 cm³/mol. The van der Waals surface area contributed by atoms with Gasteiger partial charge in [0, 0.05) is 17.8 Å². The van der Waals surface area contributed by atoms with Gasteiger partial charge in [0.15, 0.2) is 11.2 Å². The van der Waals surface area contributed by atoms with Crippen molar-refractivity contribution in [3.05, 3.63) is 92.9 Å². The number of aromatic nitrogens is 4. The van der Waals surface area contributed by atoms with Crippen molar-refractivity contribution in [2.75, 3.05) is 4.90 Å². The van der Waals surface area contributed by atoms with E-state index >= 15 is 0 Å². The van der Waals surface area contributed by atoms with Crippen LogP contribution in [-0.2, 0) is 24.3 Å². The third-order valence-corrected chi connectivity index (χ3v) is 7.61. The molecule has 2 aromatic carbocycles. The van der Waals surface area contributed by atoms with Crippen LogP contribution in [0.25, 0.3) is 11.2 Å². The molecule has 36 heavy (non-hydrogen) atoms. The molecule has 184 valence electrons. The molecule has 6 rings (SSSR count). The Morgan fingerprint density at radius 1 is 0.972 bits per heavy atom. The number of hydrogen-bond acceptors (Lipinski definition) is 4. The molecule has 1 fully saturated rings. The Morgan fingerprint density at radius 3 is 2.47 bits per heavy atom. The molecule has 8 nitrogen and oxygen atoms in total. The van der Waals surface area contributed by atoms with E-state index in [-0.39, 0.29) is 31.1 Å². The Balaban J connectivity index is 1.48. The van der Waals surface area contributed by atoms with Crippen molar-refractivity contribution in [1.29, 1.82) is 0 Å². The average molecular weight is 484 g/mol. The van der Waals surface area contributed by atoms with Gasteiger partial charge in [0.1, 0.15) is 6.54 Å². The van der Waals surface area contributed by atoms with Gasteiger partial charge in [-0.25, -0.2) is 14.3 Å². The molecule has 0 radical (unpaired) electrons. The molecule has 2 aromatic heterocycles. The Bertz CT molecular complexity index is 1560. The van der Waals surface area contributed by atoms with Gasteiger partial charge in [-0.3, -0.25) is 14.2 Å². The lowest BCUT2D eigenvalue weighted by atomic mass is 10.1. The van der Waals surface area contributed by atoms with Crippen molar-refractivity contribution >= 4 is 22.8 Å². The van der Waals surface area contributed by atoms with Gasteiger partial charge < -0.3 is 9.47 Å². The molecule has 0 bridgehead atoms. The zero-order valence-corrected chi connectivity index (χ0v) is 20.3. The molecule has 1 atom stereocenters. The normalized spacial score (nSPS) is 17.7. The molecule has 2 aliphatic rings. The van der Waals surface area contributed by atoms with Crippen LogP contribution in [0.15, 0.2) is 70.5 Å². The molecule has 1 aliphatic heterocycles. The summed E-state index contributed by atoms with van der Waals surface area (Å²) in [5.41, 5.74) is 2.70. The number of benzene rings is 2. The summed E-state index contributed by atoms with van der Waals surface area (Å²) in [5, 5.41) is 0. The minimum atomic E-state index is -0.512. The largest absolute Gasteiger partial charge is 0.333 e. The van der Waals surface area contributed by atoms with E-state index in [1.807, 2.05) is 66.1 Å². The predicted octanol–water partition coefficient (Wildman–Crippen LogP) is 3.50. The van der Waals surface area contributed by atoms with Crippen molar-refractivity contribution in [2.24, 2.45) is 0 Å². The molecular formula is C28H29N5O3. The van der Waals surface area contributed by atoms with Gasteiger partial charge in [0.25, 0.3) is 5.56 Å². The van der Waals surface area contributed by atoms with Gasteiger partial charge in [-0.2, -0.15) is 0 Å². The van der Waals surface area contributed by atoms with Gasteiger partial charge in [-0.1, -0.05) is 61.4 Å². The van der Waals surface area contributed by atoms with Crippen LogP contribution in [0.4, 0.5) is 5.69 Å². The van der Waals surface area contributed by atoms with E-state index < -0.39 is 11.2 Å². The molecule has 1 amide bonds. The standard InChI is InChI=1S/C28H29N5O3/c1-19-15-21-11-5-8-14-23(21)33(19)24(34)17-31-27(35)25-26(29-18-32(25)22-12-6-7-13-22)30(28(31)36)16-20-9-3-2-4-10-20/h2-5,8-11,14,18-19,22H,6-7,12-13,15-17H2,1H3/t19-/m0/s1. The fourth-order valence-electron chi connectivity index (χ4n) is 5.87. The van der Waals surface area contributed by atoms with Crippen molar-refractivity contribution in [1.82, 2.24) is 18.7 Å². The summed E-state index contributed by atoms with van der Waals surface area (Å²) in [5.74, 6) is -0.260. The lowest BCUT2D eigenvalue weighted by Gasteiger charge is -2.23. The SMILES string of the molecule is C[C@H]1Cc2ccccc2N1C(=O)Cn1c(=O)c2c(ncn2C2CCCC2)n(Cc2ccccc2)c1=O. The second-order valence-corrected chi connectivity index (χ2v) is 9.95. The molecule has 1 saturated carbocycles. The van der Waals surface area contributed by atoms with Gasteiger partial charge in [0.05, 0.1) is 12.9 Å². The van der Waals surface area contributed by atoms with E-state index in [2.05, 4.69) is 4.98 Å². The minimum absolute atomic E-state index is 0.0371. The number of para-hydroxylation sites is 1. The molecule has 8 heteroatoms. The van der Waals surface area contributed by atoms with E-state index in [9.17, 15) is 14.4 Å². The Hall–Kier alpha value is -3.94. The zero-order chi connectivity index (χ0) is 24.8. The molecule has 1 aliphatic carbocycles. The Morgan fingerprint density at radius 2 is 1.69 bits per heavy atom. The highest BCUT2D eigenvalue weighted by Crippen LogP contribution is 2.32. The number of fused-ring (bicyclic) bond motifs is 2. The lowest BCUT2D eigenvalue weighted by molar-refractivity contribution is -0.119. The van der Waals surface area contributed by atoms with Crippen LogP contribution >= 0.6 is 0 Å². The number of nitrogens with zero attached hydrogens (tertiary/aromatic N) is 5. The molecular weight excluding hydrogens is 454 g/mol. The van der Waals surface area contributed by atoms with Gasteiger partial charge in [-0.05, 0) is 43.4 Å². The highest BCUT2D eigenvalue weighted by atomic mass is 16.2. The maximum atomic E-state index is 13.8. The number of hydrogen-bond donors (Lipinski definition) is 0. The molecule has 0 spiro atoms. The summed E-state index contributed by atoms with van der Waals surface area (Å²) in [7, 11) is 0. The van der Waals surface area contributed by atoms with Crippen molar-refractivity contribution in [3.8, 4) is 0 Å². The maximum absolute atomic E-state index is 13.8. The number of anilines is 1. The fraction of sp³-hybridized carbons (Fsp3) is 0.357. The first-order valence-corrected chi connectivity index (χ1v) is 12.7. The second-order valence-electron chi connectivity index (χ2n) is 9.95. The first-order valence-electron chi connectivity index (χ1n) is 12.7. The van der Waals surface area contributed by atoms with Crippen LogP contribution in [0.3, 0.4) is 0 Å². The topological polar surface area (TPSA) is 82.1 Å². The quantitative estimate of drug-likeness (QED) is 0.435. The van der Waals surface area contributed by atoms with Crippen LogP contribution in [0.2, 0.25) is 0 Å². The molecule has 0 unspecified atom stereocenters. The van der Waals surface area contributed by atoms with Crippen LogP contribution in [0, 0.1) is 0 Å². The summed E-state index contributed by atoms with van der Waals surface area (Å²) >= 11 is 0. The smallest absolute Gasteiger partial charge is 0.322 e. The molecule has 0 N–H and O–H groups in total. The number of rotatable bonds is 5. The van der Waals surface area contributed by atoms with Crippen LogP contribution < -0.4 is 16.1 Å². The number of carbonyl (C=O) groups excluding carboxylic acids is 1. The second kappa shape index (κ2) is 8.93. The van der Waals surface area contributed by atoms with Gasteiger partial charge in [0.2, 0.25) is 5.91 Å².